The molecule has 0 atom stereocenters. The zero-order chi connectivity index (χ0) is 22.2. The lowest BCUT2D eigenvalue weighted by atomic mass is 10.1. The van der Waals surface area contributed by atoms with E-state index >= 15 is 0 Å². The molecule has 0 aliphatic carbocycles. The minimum atomic E-state index is -0.0735. The van der Waals surface area contributed by atoms with E-state index in [9.17, 15) is 4.79 Å². The Bertz CT molecular complexity index is 1180. The van der Waals surface area contributed by atoms with E-state index in [0.717, 1.165) is 27.7 Å². The van der Waals surface area contributed by atoms with Crippen LogP contribution >= 0.6 is 23.5 Å². The number of hydrogen-bond acceptors (Lipinski definition) is 3. The molecule has 160 valence electrons. The first-order chi connectivity index (χ1) is 15.7. The number of carbonyl (C=O) groups excluding carboxylic acids is 1. The number of carbonyl (C=O) groups is 1. The van der Waals surface area contributed by atoms with E-state index in [2.05, 4.69) is 53.8 Å². The average molecular weight is 456 g/mol. The number of anilines is 1. The van der Waals surface area contributed by atoms with Crippen LogP contribution in [-0.2, 0) is 11.5 Å². The van der Waals surface area contributed by atoms with Gasteiger partial charge in [-0.05, 0) is 53.9 Å². The summed E-state index contributed by atoms with van der Waals surface area (Å²) in [4.78, 5) is 15.3. The number of aryl methyl sites for hydroxylation is 1. The van der Waals surface area contributed by atoms with Crippen LogP contribution in [0.2, 0.25) is 0 Å². The van der Waals surface area contributed by atoms with Crippen molar-refractivity contribution in [2.45, 2.75) is 28.2 Å². The Morgan fingerprint density at radius 3 is 2.12 bits per heavy atom. The summed E-state index contributed by atoms with van der Waals surface area (Å²) in [6, 6.07) is 34.8. The Labute approximate surface area is 198 Å². The van der Waals surface area contributed by atoms with E-state index in [1.165, 1.54) is 16.0 Å². The lowest BCUT2D eigenvalue weighted by Gasteiger charge is -2.13. The molecule has 0 aliphatic rings. The maximum absolute atomic E-state index is 13.1. The lowest BCUT2D eigenvalue weighted by Crippen LogP contribution is -2.14. The molecule has 32 heavy (non-hydrogen) atoms. The zero-order valence-electron chi connectivity index (χ0n) is 18.0. The smallest absolute Gasteiger partial charge is 0.256 e. The molecule has 0 saturated heterocycles. The SMILES string of the molecule is Cc1cc(CSc2ccccc2)ccc1NC(=O)c1ccccc1SCc1ccccc1. The summed E-state index contributed by atoms with van der Waals surface area (Å²) < 4.78 is 0. The summed E-state index contributed by atoms with van der Waals surface area (Å²) in [7, 11) is 0. The van der Waals surface area contributed by atoms with Gasteiger partial charge in [0.2, 0.25) is 0 Å². The van der Waals surface area contributed by atoms with E-state index < -0.39 is 0 Å². The molecule has 1 amide bonds. The van der Waals surface area contributed by atoms with Crippen LogP contribution in [0.5, 0.6) is 0 Å². The molecule has 0 heterocycles. The summed E-state index contributed by atoms with van der Waals surface area (Å²) in [5.41, 5.74) is 5.11. The summed E-state index contributed by atoms with van der Waals surface area (Å²) in [6.45, 7) is 2.04. The normalized spacial score (nSPS) is 10.7. The number of thioether (sulfide) groups is 2. The van der Waals surface area contributed by atoms with E-state index in [1.54, 1.807) is 11.8 Å². The van der Waals surface area contributed by atoms with Crippen molar-refractivity contribution in [1.29, 1.82) is 0 Å². The topological polar surface area (TPSA) is 29.1 Å². The number of hydrogen-bond donors (Lipinski definition) is 1. The van der Waals surface area contributed by atoms with Crippen LogP contribution in [0.1, 0.15) is 27.0 Å². The average Bonchev–Trinajstić information content (AvgIpc) is 2.84. The molecular weight excluding hydrogens is 430 g/mol. The third-order valence-corrected chi connectivity index (χ3v) is 7.28. The Hall–Kier alpha value is -2.95. The van der Waals surface area contributed by atoms with Gasteiger partial charge in [-0.1, -0.05) is 72.8 Å². The third-order valence-electron chi connectivity index (χ3n) is 5.06. The number of nitrogens with one attached hydrogen (secondary N) is 1. The molecular formula is C28H25NOS2. The molecule has 4 rings (SSSR count). The van der Waals surface area contributed by atoms with Crippen molar-refractivity contribution in [2.24, 2.45) is 0 Å². The Kier molecular flexibility index (Phi) is 7.70. The highest BCUT2D eigenvalue weighted by atomic mass is 32.2. The summed E-state index contributed by atoms with van der Waals surface area (Å²) >= 11 is 3.50. The second-order valence-electron chi connectivity index (χ2n) is 7.48. The van der Waals surface area contributed by atoms with E-state index in [1.807, 2.05) is 73.3 Å². The summed E-state index contributed by atoms with van der Waals surface area (Å²) in [5, 5.41) is 3.11. The van der Waals surface area contributed by atoms with Crippen LogP contribution in [0.25, 0.3) is 0 Å². The van der Waals surface area contributed by atoms with Crippen LogP contribution < -0.4 is 5.32 Å². The molecule has 0 aromatic heterocycles. The fraction of sp³-hybridized carbons (Fsp3) is 0.107. The van der Waals surface area contributed by atoms with Crippen molar-refractivity contribution >= 4 is 35.1 Å². The van der Waals surface area contributed by atoms with Crippen molar-refractivity contribution < 1.29 is 4.79 Å². The van der Waals surface area contributed by atoms with Crippen molar-refractivity contribution in [3.05, 3.63) is 125 Å². The van der Waals surface area contributed by atoms with E-state index in [-0.39, 0.29) is 5.91 Å². The minimum absolute atomic E-state index is 0.0735. The van der Waals surface area contributed by atoms with Crippen LogP contribution in [0.4, 0.5) is 5.69 Å². The van der Waals surface area contributed by atoms with Gasteiger partial charge in [-0.2, -0.15) is 0 Å². The number of amides is 1. The van der Waals surface area contributed by atoms with Gasteiger partial charge in [0.1, 0.15) is 0 Å². The van der Waals surface area contributed by atoms with Crippen LogP contribution in [0, 0.1) is 6.92 Å². The monoisotopic (exact) mass is 455 g/mol. The molecule has 1 N–H and O–H groups in total. The summed E-state index contributed by atoms with van der Waals surface area (Å²) in [6.07, 6.45) is 0. The van der Waals surface area contributed by atoms with Gasteiger partial charge in [-0.15, -0.1) is 23.5 Å². The van der Waals surface area contributed by atoms with Gasteiger partial charge in [-0.3, -0.25) is 4.79 Å². The van der Waals surface area contributed by atoms with Gasteiger partial charge in [0.25, 0.3) is 5.91 Å². The summed E-state index contributed by atoms with van der Waals surface area (Å²) in [5.74, 6) is 1.66. The number of rotatable bonds is 8. The van der Waals surface area contributed by atoms with E-state index in [4.69, 9.17) is 0 Å². The van der Waals surface area contributed by atoms with Gasteiger partial charge >= 0.3 is 0 Å². The molecule has 0 aliphatic heterocycles. The predicted molar refractivity (Wildman–Crippen MR) is 138 cm³/mol. The van der Waals surface area contributed by atoms with Gasteiger partial charge < -0.3 is 5.32 Å². The van der Waals surface area contributed by atoms with Crippen molar-refractivity contribution in [2.75, 3.05) is 5.32 Å². The largest absolute Gasteiger partial charge is 0.322 e. The third kappa shape index (κ3) is 6.06. The van der Waals surface area contributed by atoms with Crippen LogP contribution in [-0.4, -0.2) is 5.91 Å². The van der Waals surface area contributed by atoms with Crippen LogP contribution in [0.3, 0.4) is 0 Å². The Balaban J connectivity index is 1.41. The fourth-order valence-corrected chi connectivity index (χ4v) is 5.21. The van der Waals surface area contributed by atoms with Crippen molar-refractivity contribution in [1.82, 2.24) is 0 Å². The van der Waals surface area contributed by atoms with Gasteiger partial charge in [0.15, 0.2) is 0 Å². The molecule has 0 bridgehead atoms. The first-order valence-corrected chi connectivity index (χ1v) is 12.5. The lowest BCUT2D eigenvalue weighted by molar-refractivity contribution is 0.102. The maximum Gasteiger partial charge on any atom is 0.256 e. The van der Waals surface area contributed by atoms with Gasteiger partial charge in [0.05, 0.1) is 5.56 Å². The van der Waals surface area contributed by atoms with Gasteiger partial charge in [-0.25, -0.2) is 0 Å². The molecule has 0 fully saturated rings. The molecule has 2 nitrogen and oxygen atoms in total. The highest BCUT2D eigenvalue weighted by Crippen LogP contribution is 2.28. The fourth-order valence-electron chi connectivity index (χ4n) is 3.34. The second-order valence-corrected chi connectivity index (χ2v) is 9.54. The molecule has 0 saturated carbocycles. The van der Waals surface area contributed by atoms with Crippen LogP contribution in [0.15, 0.2) is 113 Å². The molecule has 0 radical (unpaired) electrons. The molecule has 0 unspecified atom stereocenters. The Morgan fingerprint density at radius 1 is 0.719 bits per heavy atom. The quantitative estimate of drug-likeness (QED) is 0.274. The molecule has 4 aromatic carbocycles. The standard InChI is InChI=1S/C28H25NOS2/c1-21-18-23(20-31-24-12-6-3-7-13-24)16-17-26(21)29-28(30)25-14-8-9-15-27(25)32-19-22-10-4-2-5-11-22/h2-18H,19-20H2,1H3,(H,29,30). The highest BCUT2D eigenvalue weighted by molar-refractivity contribution is 7.98. The maximum atomic E-state index is 13.1. The van der Waals surface area contributed by atoms with Crippen molar-refractivity contribution in [3.63, 3.8) is 0 Å². The van der Waals surface area contributed by atoms with Crippen molar-refractivity contribution in [3.8, 4) is 0 Å². The van der Waals surface area contributed by atoms with E-state index in [0.29, 0.717) is 5.56 Å². The number of benzene rings is 4. The Morgan fingerprint density at radius 2 is 1.38 bits per heavy atom. The minimum Gasteiger partial charge on any atom is -0.322 e. The first-order valence-electron chi connectivity index (χ1n) is 10.5. The first kappa shape index (κ1) is 22.3. The zero-order valence-corrected chi connectivity index (χ0v) is 19.6. The molecule has 4 heteroatoms. The molecule has 0 spiro atoms. The molecule has 4 aromatic rings. The highest BCUT2D eigenvalue weighted by Gasteiger charge is 2.13. The predicted octanol–water partition coefficient (Wildman–Crippen LogP) is 7.83. The second kappa shape index (κ2) is 11.1. The van der Waals surface area contributed by atoms with Gasteiger partial charge in [0, 0.05) is 27.0 Å².